The molecule has 23 heavy (non-hydrogen) atoms. The first kappa shape index (κ1) is 18.7. The normalized spacial score (nSPS) is 23.6. The Morgan fingerprint density at radius 1 is 1.13 bits per heavy atom. The maximum atomic E-state index is 12.3. The predicted octanol–water partition coefficient (Wildman–Crippen LogP) is 1.97. The van der Waals surface area contributed by atoms with Crippen LogP contribution in [0, 0.1) is 5.92 Å². The van der Waals surface area contributed by atoms with Crippen molar-refractivity contribution in [1.82, 2.24) is 4.90 Å². The standard InChI is InChI=1S/C16H23NO4S.ClH/c18-22(19,15-6-2-1-3-7-15)12-9-17-8-4-5-14(13-17)16-20-10-11-21-16;/h1-3,6-7,14,16H,4-5,8-13H2;1H. The number of likely N-dealkylation sites (tertiary alicyclic amines) is 1. The van der Waals surface area contributed by atoms with Crippen molar-refractivity contribution >= 4 is 22.2 Å². The molecule has 1 unspecified atom stereocenters. The monoisotopic (exact) mass is 361 g/mol. The van der Waals surface area contributed by atoms with E-state index in [1.807, 2.05) is 6.07 Å². The molecule has 1 atom stereocenters. The van der Waals surface area contributed by atoms with E-state index in [-0.39, 0.29) is 24.4 Å². The molecule has 0 aromatic heterocycles. The van der Waals surface area contributed by atoms with Gasteiger partial charge in [-0.2, -0.15) is 0 Å². The molecule has 0 N–H and O–H groups in total. The van der Waals surface area contributed by atoms with Crippen molar-refractivity contribution < 1.29 is 17.9 Å². The van der Waals surface area contributed by atoms with E-state index >= 15 is 0 Å². The zero-order valence-corrected chi connectivity index (χ0v) is 14.7. The molecule has 1 aromatic carbocycles. The first-order chi connectivity index (χ1) is 10.6. The lowest BCUT2D eigenvalue weighted by Gasteiger charge is -2.34. The van der Waals surface area contributed by atoms with E-state index in [2.05, 4.69) is 4.90 Å². The van der Waals surface area contributed by atoms with Gasteiger partial charge in [-0.15, -0.1) is 12.4 Å². The fourth-order valence-electron chi connectivity index (χ4n) is 3.16. The Kier molecular flexibility index (Phi) is 6.85. The van der Waals surface area contributed by atoms with Crippen LogP contribution in [0.1, 0.15) is 12.8 Å². The molecule has 0 amide bonds. The van der Waals surface area contributed by atoms with Crippen LogP contribution in [0.4, 0.5) is 0 Å². The molecule has 3 rings (SSSR count). The highest BCUT2D eigenvalue weighted by Gasteiger charge is 2.31. The van der Waals surface area contributed by atoms with Gasteiger partial charge in [0, 0.05) is 19.0 Å². The van der Waals surface area contributed by atoms with Crippen LogP contribution in [-0.2, 0) is 19.3 Å². The number of rotatable bonds is 5. The van der Waals surface area contributed by atoms with E-state index in [1.165, 1.54) is 0 Å². The van der Waals surface area contributed by atoms with Gasteiger partial charge in [-0.3, -0.25) is 0 Å². The summed E-state index contributed by atoms with van der Waals surface area (Å²) in [7, 11) is -3.20. The summed E-state index contributed by atoms with van der Waals surface area (Å²) in [4.78, 5) is 2.63. The summed E-state index contributed by atoms with van der Waals surface area (Å²) >= 11 is 0. The molecule has 0 saturated carbocycles. The molecule has 130 valence electrons. The number of hydrogen-bond donors (Lipinski definition) is 0. The van der Waals surface area contributed by atoms with Gasteiger partial charge < -0.3 is 14.4 Å². The van der Waals surface area contributed by atoms with E-state index in [0.717, 1.165) is 25.9 Å². The first-order valence-corrected chi connectivity index (χ1v) is 9.54. The summed E-state index contributed by atoms with van der Waals surface area (Å²) in [6.07, 6.45) is 2.06. The topological polar surface area (TPSA) is 55.8 Å². The average Bonchev–Trinajstić information content (AvgIpc) is 3.09. The first-order valence-electron chi connectivity index (χ1n) is 7.88. The highest BCUT2D eigenvalue weighted by molar-refractivity contribution is 7.91. The molecule has 2 aliphatic heterocycles. The van der Waals surface area contributed by atoms with Gasteiger partial charge in [-0.1, -0.05) is 18.2 Å². The lowest BCUT2D eigenvalue weighted by Crippen LogP contribution is -2.42. The van der Waals surface area contributed by atoms with Gasteiger partial charge in [0.2, 0.25) is 0 Å². The van der Waals surface area contributed by atoms with Crippen LogP contribution >= 0.6 is 12.4 Å². The molecule has 2 heterocycles. The summed E-state index contributed by atoms with van der Waals surface area (Å²) < 4.78 is 35.8. The molecule has 7 heteroatoms. The maximum Gasteiger partial charge on any atom is 0.179 e. The van der Waals surface area contributed by atoms with Crippen LogP contribution in [0.5, 0.6) is 0 Å². The minimum absolute atomic E-state index is 0. The Hall–Kier alpha value is -0.660. The zero-order chi connectivity index (χ0) is 15.4. The highest BCUT2D eigenvalue weighted by atomic mass is 35.5. The van der Waals surface area contributed by atoms with Crippen molar-refractivity contribution in [3.8, 4) is 0 Å². The molecule has 2 aliphatic rings. The summed E-state index contributed by atoms with van der Waals surface area (Å²) in [6, 6.07) is 8.68. The quantitative estimate of drug-likeness (QED) is 0.802. The molecule has 0 spiro atoms. The van der Waals surface area contributed by atoms with E-state index in [0.29, 0.717) is 30.6 Å². The maximum absolute atomic E-state index is 12.3. The van der Waals surface area contributed by atoms with E-state index < -0.39 is 9.84 Å². The third-order valence-electron chi connectivity index (χ3n) is 4.35. The van der Waals surface area contributed by atoms with Crippen LogP contribution < -0.4 is 0 Å². The van der Waals surface area contributed by atoms with Crippen molar-refractivity contribution in [2.24, 2.45) is 5.92 Å². The molecule has 5 nitrogen and oxygen atoms in total. The second-order valence-electron chi connectivity index (χ2n) is 5.94. The van der Waals surface area contributed by atoms with Gasteiger partial charge in [0.25, 0.3) is 0 Å². The van der Waals surface area contributed by atoms with E-state index in [4.69, 9.17) is 9.47 Å². The van der Waals surface area contributed by atoms with Crippen LogP contribution in [0.3, 0.4) is 0 Å². The Morgan fingerprint density at radius 3 is 2.52 bits per heavy atom. The molecule has 1 aromatic rings. The number of ether oxygens (including phenoxy) is 2. The Morgan fingerprint density at radius 2 is 1.83 bits per heavy atom. The third kappa shape index (κ3) is 4.90. The summed E-state index contributed by atoms with van der Waals surface area (Å²) in [6.45, 7) is 3.72. The molecule has 2 saturated heterocycles. The van der Waals surface area contributed by atoms with Gasteiger partial charge in [0.1, 0.15) is 0 Å². The summed E-state index contributed by atoms with van der Waals surface area (Å²) in [5.41, 5.74) is 0. The van der Waals surface area contributed by atoms with Crippen LogP contribution in [0.25, 0.3) is 0 Å². The number of piperidine rings is 1. The minimum Gasteiger partial charge on any atom is -0.350 e. The Bertz CT molecular complexity index is 575. The van der Waals surface area contributed by atoms with E-state index in [9.17, 15) is 8.42 Å². The highest BCUT2D eigenvalue weighted by Crippen LogP contribution is 2.25. The van der Waals surface area contributed by atoms with Gasteiger partial charge in [0.05, 0.1) is 23.9 Å². The SMILES string of the molecule is Cl.O=S(=O)(CCN1CCCC(C2OCCO2)C1)c1ccccc1. The van der Waals surface area contributed by atoms with Gasteiger partial charge in [0.15, 0.2) is 16.1 Å². The third-order valence-corrected chi connectivity index (χ3v) is 6.06. The fraction of sp³-hybridized carbons (Fsp3) is 0.625. The fourth-order valence-corrected chi connectivity index (χ4v) is 4.47. The number of benzene rings is 1. The zero-order valence-electron chi connectivity index (χ0n) is 13.1. The molecular formula is C16H24ClNO4S. The van der Waals surface area contributed by atoms with E-state index in [1.54, 1.807) is 24.3 Å². The van der Waals surface area contributed by atoms with Gasteiger partial charge in [-0.25, -0.2) is 8.42 Å². The van der Waals surface area contributed by atoms with Crippen LogP contribution in [-0.4, -0.2) is 58.2 Å². The number of sulfone groups is 1. The molecule has 0 bridgehead atoms. The summed E-state index contributed by atoms with van der Waals surface area (Å²) in [5, 5.41) is 0. The van der Waals surface area contributed by atoms with Gasteiger partial charge in [-0.05, 0) is 31.5 Å². The average molecular weight is 362 g/mol. The smallest absolute Gasteiger partial charge is 0.179 e. The second-order valence-corrected chi connectivity index (χ2v) is 8.05. The lowest BCUT2D eigenvalue weighted by molar-refractivity contribution is -0.0995. The minimum atomic E-state index is -3.20. The number of hydrogen-bond acceptors (Lipinski definition) is 5. The predicted molar refractivity (Wildman–Crippen MR) is 90.6 cm³/mol. The molecule has 0 aliphatic carbocycles. The van der Waals surface area contributed by atoms with Crippen LogP contribution in [0.2, 0.25) is 0 Å². The largest absolute Gasteiger partial charge is 0.350 e. The molecule has 2 fully saturated rings. The second kappa shape index (κ2) is 8.44. The van der Waals surface area contributed by atoms with Crippen LogP contribution in [0.15, 0.2) is 35.2 Å². The van der Waals surface area contributed by atoms with Crippen molar-refractivity contribution in [3.05, 3.63) is 30.3 Å². The Labute approximate surface area is 144 Å². The van der Waals surface area contributed by atoms with Crippen molar-refractivity contribution in [1.29, 1.82) is 0 Å². The van der Waals surface area contributed by atoms with Crippen molar-refractivity contribution in [3.63, 3.8) is 0 Å². The van der Waals surface area contributed by atoms with Gasteiger partial charge >= 0.3 is 0 Å². The number of halogens is 1. The van der Waals surface area contributed by atoms with Crippen molar-refractivity contribution in [2.45, 2.75) is 24.0 Å². The lowest BCUT2D eigenvalue weighted by atomic mass is 9.97. The molecule has 0 radical (unpaired) electrons. The van der Waals surface area contributed by atoms with Crippen molar-refractivity contribution in [2.75, 3.05) is 38.6 Å². The molecular weight excluding hydrogens is 338 g/mol. The Balaban J connectivity index is 0.00000192. The summed E-state index contributed by atoms with van der Waals surface area (Å²) in [5.74, 6) is 0.520. The number of nitrogens with zero attached hydrogens (tertiary/aromatic N) is 1.